The number of hydrogen-bond donors (Lipinski definition) is 4. The minimum atomic E-state index is -4.31. The van der Waals surface area contributed by atoms with Crippen molar-refractivity contribution in [3.05, 3.63) is 24.3 Å². The molecule has 2 bridgehead atoms. The molecular formula is C25H44NO10P. The molecule has 7 unspecified atom stereocenters. The molecule has 5 N–H and O–H groups in total. The van der Waals surface area contributed by atoms with Gasteiger partial charge in [-0.05, 0) is 25.7 Å². The fraction of sp³-hybridized carbons (Fsp3) is 0.800. The lowest BCUT2D eigenvalue weighted by Crippen LogP contribution is -2.28. The van der Waals surface area contributed by atoms with E-state index in [4.69, 9.17) is 24.8 Å². The summed E-state index contributed by atoms with van der Waals surface area (Å²) in [7, 11) is -4.31. The maximum atomic E-state index is 12.0. The third-order valence-corrected chi connectivity index (χ3v) is 7.44. The van der Waals surface area contributed by atoms with Crippen LogP contribution in [0, 0.1) is 11.8 Å². The van der Waals surface area contributed by atoms with Gasteiger partial charge in [0.15, 0.2) is 0 Å². The first-order chi connectivity index (χ1) is 17.8. The smallest absolute Gasteiger partial charge is 0.457 e. The molecule has 12 heteroatoms. The van der Waals surface area contributed by atoms with Crippen molar-refractivity contribution in [3.8, 4) is 0 Å². The van der Waals surface area contributed by atoms with Crippen molar-refractivity contribution >= 4 is 13.8 Å². The van der Waals surface area contributed by atoms with E-state index in [1.165, 1.54) is 0 Å². The number of aliphatic hydroxyl groups is 2. The summed E-state index contributed by atoms with van der Waals surface area (Å²) < 4.78 is 26.0. The van der Waals surface area contributed by atoms with E-state index >= 15 is 0 Å². The number of allylic oxidation sites excluding steroid dienone is 2. The van der Waals surface area contributed by atoms with E-state index in [-0.39, 0.29) is 43.6 Å². The van der Waals surface area contributed by atoms with Crippen molar-refractivity contribution < 1.29 is 48.0 Å². The van der Waals surface area contributed by atoms with Gasteiger partial charge >= 0.3 is 13.8 Å². The number of carbonyl (C=O) groups excluding carboxylic acids is 1. The standard InChI is InChI=1S/C25H44NO10P/c1-2-3-6-9-19(28)12-13-22-21(23-16-24(22)36-35-23)10-7-4-5-8-11-25(29)34-20(17-27)18-33-37(30,31)32-15-14-26/h4,7,12-13,19-24,27-28H,2-3,5-6,8-11,14-18,26H2,1H3,(H,30,31). The van der Waals surface area contributed by atoms with Crippen molar-refractivity contribution in [2.24, 2.45) is 17.6 Å². The van der Waals surface area contributed by atoms with Crippen LogP contribution < -0.4 is 5.73 Å². The topological polar surface area (TPSA) is 167 Å². The average molecular weight is 550 g/mol. The van der Waals surface area contributed by atoms with Crippen LogP contribution in [-0.2, 0) is 32.9 Å². The second kappa shape index (κ2) is 17.4. The minimum Gasteiger partial charge on any atom is -0.457 e. The summed E-state index contributed by atoms with van der Waals surface area (Å²) in [6, 6.07) is 0. The van der Waals surface area contributed by atoms with E-state index in [1.807, 2.05) is 12.2 Å². The Bertz CT molecular complexity index is 764. The molecule has 0 aromatic rings. The van der Waals surface area contributed by atoms with Gasteiger partial charge < -0.3 is 25.6 Å². The van der Waals surface area contributed by atoms with Gasteiger partial charge in [0.2, 0.25) is 0 Å². The number of carbonyl (C=O) groups is 1. The number of fused-ring (bicyclic) bond motifs is 2. The van der Waals surface area contributed by atoms with E-state index in [9.17, 15) is 24.5 Å². The molecule has 1 heterocycles. The van der Waals surface area contributed by atoms with Crippen LogP contribution in [0.15, 0.2) is 24.3 Å². The Morgan fingerprint density at radius 3 is 2.70 bits per heavy atom. The number of esters is 1. The lowest BCUT2D eigenvalue weighted by Gasteiger charge is -2.27. The number of nitrogens with two attached hydrogens (primary N) is 1. The first-order valence-corrected chi connectivity index (χ1v) is 14.7. The SMILES string of the molecule is CCCCCC(O)C=CC1C2CC(OO2)C1CC=CCCCC(=O)OC(CO)COP(=O)(O)OCCN. The Balaban J connectivity index is 1.67. The molecule has 1 aliphatic carbocycles. The normalized spacial score (nSPS) is 26.6. The molecule has 37 heavy (non-hydrogen) atoms. The molecule has 1 aliphatic heterocycles. The zero-order valence-corrected chi connectivity index (χ0v) is 22.6. The van der Waals surface area contributed by atoms with Crippen molar-refractivity contribution in [2.75, 3.05) is 26.4 Å². The molecule has 2 rings (SSSR count). The molecule has 7 atom stereocenters. The Labute approximate surface area is 219 Å². The highest BCUT2D eigenvalue weighted by atomic mass is 31.2. The van der Waals surface area contributed by atoms with Gasteiger partial charge in [0.05, 0.1) is 32.0 Å². The Morgan fingerprint density at radius 1 is 1.19 bits per heavy atom. The van der Waals surface area contributed by atoms with Crippen LogP contribution >= 0.6 is 7.82 Å². The van der Waals surface area contributed by atoms with Crippen LogP contribution in [-0.4, -0.2) is 71.9 Å². The maximum absolute atomic E-state index is 12.0. The second-order valence-corrected chi connectivity index (χ2v) is 10.9. The average Bonchev–Trinajstić information content (AvgIpc) is 3.48. The summed E-state index contributed by atoms with van der Waals surface area (Å²) >= 11 is 0. The largest absolute Gasteiger partial charge is 0.472 e. The maximum Gasteiger partial charge on any atom is 0.472 e. The Morgan fingerprint density at radius 2 is 1.97 bits per heavy atom. The van der Waals surface area contributed by atoms with Crippen LogP contribution in [0.4, 0.5) is 0 Å². The van der Waals surface area contributed by atoms with Gasteiger partial charge in [0.1, 0.15) is 12.2 Å². The molecule has 0 aromatic carbocycles. The number of aliphatic hydroxyl groups excluding tert-OH is 2. The van der Waals surface area contributed by atoms with Gasteiger partial charge in [-0.25, -0.2) is 14.3 Å². The highest BCUT2D eigenvalue weighted by molar-refractivity contribution is 7.47. The number of phosphoric acid groups is 1. The summed E-state index contributed by atoms with van der Waals surface area (Å²) in [5, 5.41) is 19.6. The lowest BCUT2D eigenvalue weighted by molar-refractivity contribution is -0.336. The number of rotatable bonds is 20. The number of phosphoric ester groups is 1. The third-order valence-electron chi connectivity index (χ3n) is 6.45. The number of hydrogen-bond acceptors (Lipinski definition) is 10. The van der Waals surface area contributed by atoms with Gasteiger partial charge in [-0.3, -0.25) is 13.8 Å². The van der Waals surface area contributed by atoms with Crippen molar-refractivity contribution in [2.45, 2.75) is 89.1 Å². The second-order valence-electron chi connectivity index (χ2n) is 9.47. The minimum absolute atomic E-state index is 0.0210. The van der Waals surface area contributed by atoms with Crippen molar-refractivity contribution in [1.29, 1.82) is 0 Å². The highest BCUT2D eigenvalue weighted by Gasteiger charge is 2.49. The number of ether oxygens (including phenoxy) is 1. The van der Waals surface area contributed by atoms with Crippen molar-refractivity contribution in [3.63, 3.8) is 0 Å². The lowest BCUT2D eigenvalue weighted by atomic mass is 9.89. The number of unbranched alkanes of at least 4 members (excludes halogenated alkanes) is 3. The predicted octanol–water partition coefficient (Wildman–Crippen LogP) is 2.93. The van der Waals surface area contributed by atoms with Crippen LogP contribution in [0.3, 0.4) is 0 Å². The van der Waals surface area contributed by atoms with Crippen LogP contribution in [0.5, 0.6) is 0 Å². The van der Waals surface area contributed by atoms with Gasteiger partial charge in [-0.2, -0.15) is 0 Å². The monoisotopic (exact) mass is 549 g/mol. The van der Waals surface area contributed by atoms with E-state index in [2.05, 4.69) is 23.6 Å². The Kier molecular flexibility index (Phi) is 15.1. The van der Waals surface area contributed by atoms with Crippen LogP contribution in [0.25, 0.3) is 0 Å². The molecule has 0 radical (unpaired) electrons. The summed E-state index contributed by atoms with van der Waals surface area (Å²) in [6.45, 7) is 1.01. The molecule has 0 amide bonds. The molecule has 0 spiro atoms. The van der Waals surface area contributed by atoms with E-state index in [1.54, 1.807) is 0 Å². The zero-order valence-electron chi connectivity index (χ0n) is 21.7. The first-order valence-electron chi connectivity index (χ1n) is 13.2. The van der Waals surface area contributed by atoms with E-state index in [0.29, 0.717) is 12.8 Å². The molecule has 1 saturated carbocycles. The first kappa shape index (κ1) is 32.1. The summed E-state index contributed by atoms with van der Waals surface area (Å²) in [5.74, 6) is -0.0551. The summed E-state index contributed by atoms with van der Waals surface area (Å²) in [6.07, 6.45) is 13.7. The molecule has 11 nitrogen and oxygen atoms in total. The van der Waals surface area contributed by atoms with Crippen LogP contribution in [0.1, 0.15) is 64.7 Å². The Hall–Kier alpha value is -1.14. The molecule has 2 fully saturated rings. The molecular weight excluding hydrogens is 505 g/mol. The van der Waals surface area contributed by atoms with Gasteiger partial charge in [-0.15, -0.1) is 0 Å². The quantitative estimate of drug-likeness (QED) is 0.0579. The molecule has 2 aliphatic rings. The summed E-state index contributed by atoms with van der Waals surface area (Å²) in [4.78, 5) is 32.4. The van der Waals surface area contributed by atoms with E-state index < -0.39 is 39.2 Å². The fourth-order valence-electron chi connectivity index (χ4n) is 4.46. The zero-order chi connectivity index (χ0) is 27.1. The summed E-state index contributed by atoms with van der Waals surface area (Å²) in [5.41, 5.74) is 5.20. The van der Waals surface area contributed by atoms with Crippen molar-refractivity contribution in [1.82, 2.24) is 0 Å². The van der Waals surface area contributed by atoms with Gasteiger partial charge in [-0.1, -0.05) is 50.5 Å². The third kappa shape index (κ3) is 12.1. The van der Waals surface area contributed by atoms with E-state index in [0.717, 1.165) is 38.5 Å². The predicted molar refractivity (Wildman–Crippen MR) is 136 cm³/mol. The molecule has 1 saturated heterocycles. The van der Waals surface area contributed by atoms with Crippen LogP contribution in [0.2, 0.25) is 0 Å². The molecule has 214 valence electrons. The highest BCUT2D eigenvalue weighted by Crippen LogP contribution is 2.45. The molecule has 0 aromatic heterocycles. The van der Waals surface area contributed by atoms with Gasteiger partial charge in [0.25, 0.3) is 0 Å². The fourth-order valence-corrected chi connectivity index (χ4v) is 5.23. The van der Waals surface area contributed by atoms with Gasteiger partial charge in [0, 0.05) is 31.2 Å².